The number of aromatic nitrogens is 7. The molecule has 0 radical (unpaired) electrons. The van der Waals surface area contributed by atoms with Gasteiger partial charge < -0.3 is 33.6 Å². The van der Waals surface area contributed by atoms with E-state index in [0.717, 1.165) is 178 Å². The van der Waals surface area contributed by atoms with Crippen molar-refractivity contribution in [3.05, 3.63) is 250 Å². The average Bonchev–Trinajstić information content (AvgIpc) is 0.774. The normalized spacial score (nSPS) is 17.9. The molecule has 18 heteroatoms. The Morgan fingerprint density at radius 3 is 1.63 bits per heavy atom. The number of benzene rings is 6. The van der Waals surface area contributed by atoms with Crippen LogP contribution in [-0.2, 0) is 19.6 Å². The van der Waals surface area contributed by atoms with Crippen molar-refractivity contribution in [2.45, 2.75) is 178 Å². The number of ether oxygens (including phenoxy) is 4. The van der Waals surface area contributed by atoms with Gasteiger partial charge in [-0.1, -0.05) is 98.7 Å². The highest BCUT2D eigenvalue weighted by molar-refractivity contribution is 7.07. The van der Waals surface area contributed by atoms with Crippen molar-refractivity contribution in [1.29, 1.82) is 0 Å². The van der Waals surface area contributed by atoms with Crippen LogP contribution in [0.5, 0.6) is 34.5 Å². The maximum Gasteiger partial charge on any atom is 0.261 e. The largest absolute Gasteiger partial charge is 0.494 e. The van der Waals surface area contributed by atoms with Gasteiger partial charge in [0, 0.05) is 74.6 Å². The maximum absolute atomic E-state index is 14.2. The Morgan fingerprint density at radius 2 is 1.06 bits per heavy atom. The number of allylic oxidation sites excluding steroid dienone is 4. The van der Waals surface area contributed by atoms with Crippen molar-refractivity contribution in [3.8, 4) is 57.3 Å². The first kappa shape index (κ1) is 81.9. The first-order valence-corrected chi connectivity index (χ1v) is 42.5. The molecule has 4 aromatic heterocycles. The molecule has 4 atom stereocenters. The van der Waals surface area contributed by atoms with Gasteiger partial charge in [0.2, 0.25) is 0 Å². The second kappa shape index (κ2) is 39.3. The van der Waals surface area contributed by atoms with E-state index >= 15 is 0 Å². The molecule has 5 aliphatic rings. The smallest absolute Gasteiger partial charge is 0.261 e. The van der Waals surface area contributed by atoms with E-state index in [-0.39, 0.29) is 22.8 Å². The monoisotopic (exact) mass is 1550 g/mol. The molecule has 1 unspecified atom stereocenters. The van der Waals surface area contributed by atoms with Crippen LogP contribution in [0, 0.1) is 45.4 Å². The van der Waals surface area contributed by atoms with Crippen LogP contribution in [0.4, 0.5) is 0 Å². The Labute approximate surface area is 676 Å². The maximum atomic E-state index is 14.2. The average molecular weight is 1550 g/mol. The number of fused-ring (bicyclic) bond motifs is 3. The molecule has 596 valence electrons. The summed E-state index contributed by atoms with van der Waals surface area (Å²) in [5.41, 5.74) is 12.0. The first-order chi connectivity index (χ1) is 55.4. The van der Waals surface area contributed by atoms with Crippen LogP contribution in [-0.4, -0.2) is 119 Å². The highest BCUT2D eigenvalue weighted by Gasteiger charge is 2.29. The number of aryl methyl sites for hydroxylation is 4. The fourth-order valence-electron chi connectivity index (χ4n) is 16.5. The summed E-state index contributed by atoms with van der Waals surface area (Å²) in [5.74, 6) is 7.90. The highest BCUT2D eigenvalue weighted by Crippen LogP contribution is 2.34. The molecule has 0 bridgehead atoms. The molecule has 0 amide bonds. The summed E-state index contributed by atoms with van der Waals surface area (Å²) in [5, 5.41) is 4.55. The van der Waals surface area contributed by atoms with Gasteiger partial charge in [-0.15, -0.1) is 11.3 Å². The minimum absolute atomic E-state index is 0.000208. The van der Waals surface area contributed by atoms with Crippen LogP contribution in [0.3, 0.4) is 0 Å². The van der Waals surface area contributed by atoms with Crippen LogP contribution in [0.25, 0.3) is 62.3 Å². The summed E-state index contributed by atoms with van der Waals surface area (Å²) in [6.45, 7) is 32.9. The standard InChI is InChI=1S/C34H41N3O3.C31H38N4O2S.C31H35N3O2/c1-6-18-39-28-13-15-30(25(5)19-28)33-35-32-16-14-29(40-27-11-9-24(4)10-12-27)20-31(32)34(38)37(33)22-26-8-7-17-36(21-26)23(2)3;1-3-16-34-17-7-9-24(20-34)21-35-30(27-11-5-4-8-23(27)2)33-29-13-12-26(19-28(29)31(35)36)37-25-10-6-15-32-22-38-18-14-25;1-4-17-33-18-7-9-24(20-33)21-34-30(27-10-6-5-8-23(27)3)32-29-16-15-26(19-28(29)31(34)35)36-25-13-11-22(2)12-14-25/h9-16,19-20,23,26H,6-8,17-18,21-22H2,1-5H3;6,8,10-11,13-15,18-19,22,24,26H,3-5,7,9,12,16-17,20-21H2,1-2H3;5-6,8,10-16,19,24H,4,7,9,17-18,20-21H2,1-3H3/t26-;24-,26?;24-/m000/s1. The van der Waals surface area contributed by atoms with Gasteiger partial charge in [0.25, 0.3) is 16.7 Å². The van der Waals surface area contributed by atoms with E-state index in [9.17, 15) is 14.4 Å². The van der Waals surface area contributed by atoms with E-state index in [1.54, 1.807) is 11.7 Å². The highest BCUT2D eigenvalue weighted by atomic mass is 32.1. The molecule has 2 aliphatic carbocycles. The van der Waals surface area contributed by atoms with Gasteiger partial charge in [0.05, 0.1) is 44.5 Å². The van der Waals surface area contributed by atoms with Gasteiger partial charge in [-0.2, -0.15) is 0 Å². The minimum atomic E-state index is -0.225. The second-order valence-electron chi connectivity index (χ2n) is 31.8. The zero-order chi connectivity index (χ0) is 79.6. The number of nitrogens with zero attached hydrogens (tertiary/aromatic N) is 10. The Kier molecular flexibility index (Phi) is 28.2. The molecule has 3 fully saturated rings. The SMILES string of the molecule is CCCN1CCC[C@H](Cn2c(-c3ccccc3C)nc3ccc(Oc4ccc(C)cc4)cc3c2=O)C1.CCCN1CCC[C@H](Cn2c(C3=CCCC=C3C)nc3c(c2=O)=CC(Oc2cccncscc2)CC=3)C1.CCCOc1ccc(-c2nc3ccc(Oc4ccc(C)cc4)cc3c(=O)n2C[C@H]2CCCN(C(C)C)C2)c(C)c1. The lowest BCUT2D eigenvalue weighted by atomic mass is 9.95. The van der Waals surface area contributed by atoms with Crippen molar-refractivity contribution in [3.63, 3.8) is 0 Å². The summed E-state index contributed by atoms with van der Waals surface area (Å²) < 4.78 is 30.1. The topological polar surface area (TPSA) is 164 Å². The van der Waals surface area contributed by atoms with Crippen molar-refractivity contribution in [2.24, 2.45) is 17.8 Å². The molecule has 0 N–H and O–H groups in total. The van der Waals surface area contributed by atoms with Gasteiger partial charge in [0.15, 0.2) is 0 Å². The van der Waals surface area contributed by atoms with E-state index in [0.29, 0.717) is 101 Å². The molecular formula is C96H114N10O7S. The molecule has 17 nitrogen and oxygen atoms in total. The Morgan fingerprint density at radius 1 is 0.509 bits per heavy atom. The molecule has 15 rings (SSSR count). The molecule has 114 heavy (non-hydrogen) atoms. The summed E-state index contributed by atoms with van der Waals surface area (Å²) in [7, 11) is 0. The Balaban J connectivity index is 0.000000149. The van der Waals surface area contributed by atoms with Gasteiger partial charge in [-0.25, -0.2) is 15.0 Å². The lowest BCUT2D eigenvalue weighted by Gasteiger charge is -2.36. The molecule has 10 aromatic rings. The predicted molar refractivity (Wildman–Crippen MR) is 465 cm³/mol. The fraction of sp³-hybridized carbons (Fsp3) is 0.406. The third-order valence-electron chi connectivity index (χ3n) is 22.5. The van der Waals surface area contributed by atoms with Gasteiger partial charge in [-0.3, -0.25) is 33.1 Å². The number of likely N-dealkylation sites (tertiary alicyclic amines) is 3. The van der Waals surface area contributed by atoms with Gasteiger partial charge >= 0.3 is 0 Å². The van der Waals surface area contributed by atoms with E-state index in [4.69, 9.17) is 33.9 Å². The molecule has 0 saturated carbocycles. The Hall–Kier alpha value is -10.1. The van der Waals surface area contributed by atoms with Crippen LogP contribution in [0.15, 0.2) is 195 Å². The third-order valence-corrected chi connectivity index (χ3v) is 23.0. The zero-order valence-corrected chi connectivity index (χ0v) is 69.3. The summed E-state index contributed by atoms with van der Waals surface area (Å²) >= 11 is 1.50. The molecule has 3 aliphatic heterocycles. The zero-order valence-electron chi connectivity index (χ0n) is 68.5. The van der Waals surface area contributed by atoms with Crippen molar-refractivity contribution in [1.82, 2.24) is 48.3 Å². The molecule has 3 saturated heterocycles. The molecule has 6 aromatic carbocycles. The second-order valence-corrected chi connectivity index (χ2v) is 32.6. The number of piperidine rings is 3. The number of hydrogen-bond acceptors (Lipinski definition) is 15. The molecular weight excluding hydrogens is 1440 g/mol. The van der Waals surface area contributed by atoms with E-state index < -0.39 is 0 Å². The summed E-state index contributed by atoms with van der Waals surface area (Å²) in [4.78, 5) is 69.4. The first-order valence-electron chi connectivity index (χ1n) is 41.6. The molecule has 7 heterocycles. The molecule has 0 spiro atoms. The van der Waals surface area contributed by atoms with E-state index in [1.165, 1.54) is 40.9 Å². The van der Waals surface area contributed by atoms with E-state index in [1.807, 2.05) is 172 Å². The summed E-state index contributed by atoms with van der Waals surface area (Å²) in [6.07, 6.45) is 22.9. The lowest BCUT2D eigenvalue weighted by Crippen LogP contribution is -2.52. The van der Waals surface area contributed by atoms with Gasteiger partial charge in [0.1, 0.15) is 58.1 Å². The lowest BCUT2D eigenvalue weighted by molar-refractivity contribution is 0.130. The van der Waals surface area contributed by atoms with Crippen LogP contribution in [0.1, 0.15) is 147 Å². The Bertz CT molecular complexity index is 5400. The third kappa shape index (κ3) is 20.9. The van der Waals surface area contributed by atoms with Crippen LogP contribution < -0.4 is 46.2 Å². The van der Waals surface area contributed by atoms with Crippen molar-refractivity contribution < 1.29 is 18.9 Å². The fourth-order valence-corrected chi connectivity index (χ4v) is 16.9. The van der Waals surface area contributed by atoms with Crippen LogP contribution in [0.2, 0.25) is 0 Å². The van der Waals surface area contributed by atoms with E-state index in [2.05, 4.69) is 105 Å². The van der Waals surface area contributed by atoms with Crippen molar-refractivity contribution in [2.75, 3.05) is 59.0 Å². The van der Waals surface area contributed by atoms with Crippen LogP contribution >= 0.6 is 11.3 Å². The summed E-state index contributed by atoms with van der Waals surface area (Å²) in [6, 6.07) is 47.6. The number of hydrogen-bond donors (Lipinski definition) is 0. The predicted octanol–water partition coefficient (Wildman–Crippen LogP) is 18.5. The minimum Gasteiger partial charge on any atom is -0.494 e. The number of rotatable bonds is 23. The quantitative estimate of drug-likeness (QED) is 0.0594. The van der Waals surface area contributed by atoms with Gasteiger partial charge in [-0.05, 0) is 295 Å². The van der Waals surface area contributed by atoms with Crippen molar-refractivity contribution >= 4 is 50.9 Å².